The third-order valence-electron chi connectivity index (χ3n) is 4.01. The van der Waals surface area contributed by atoms with Crippen LogP contribution in [-0.2, 0) is 6.54 Å². The van der Waals surface area contributed by atoms with Gasteiger partial charge in [-0.05, 0) is 18.1 Å². The first-order valence-electron chi connectivity index (χ1n) is 7.03. The van der Waals surface area contributed by atoms with Crippen LogP contribution in [0.1, 0.15) is 23.6 Å². The molecule has 6 nitrogen and oxygen atoms in total. The zero-order valence-corrected chi connectivity index (χ0v) is 11.4. The minimum absolute atomic E-state index is 0.00333. The van der Waals surface area contributed by atoms with Gasteiger partial charge in [0.25, 0.3) is 0 Å². The average molecular weight is 281 g/mol. The molecule has 0 fully saturated rings. The number of fused-ring (bicyclic) bond motifs is 2. The van der Waals surface area contributed by atoms with Crippen molar-refractivity contribution in [1.82, 2.24) is 15.3 Å². The molecule has 0 radical (unpaired) electrons. The Morgan fingerprint density at radius 2 is 2.14 bits per heavy atom. The highest BCUT2D eigenvalue weighted by molar-refractivity contribution is 5.94. The Hall–Kier alpha value is -2.63. The summed E-state index contributed by atoms with van der Waals surface area (Å²) >= 11 is 0. The van der Waals surface area contributed by atoms with Gasteiger partial charge in [0.05, 0.1) is 6.04 Å². The number of hydrogen-bond donors (Lipinski definition) is 2. The van der Waals surface area contributed by atoms with Gasteiger partial charge in [0.1, 0.15) is 12.1 Å². The van der Waals surface area contributed by atoms with Crippen LogP contribution in [0.15, 0.2) is 36.8 Å². The smallest absolute Gasteiger partial charge is 0.323 e. The fourth-order valence-corrected chi connectivity index (χ4v) is 3.05. The highest BCUT2D eigenvalue weighted by atomic mass is 16.2. The van der Waals surface area contributed by atoms with Crippen molar-refractivity contribution in [3.05, 3.63) is 47.9 Å². The van der Waals surface area contributed by atoms with E-state index in [-0.39, 0.29) is 12.1 Å². The number of hydrogen-bond acceptors (Lipinski definition) is 4. The molecule has 4 rings (SSSR count). The molecule has 0 bridgehead atoms. The third-order valence-corrected chi connectivity index (χ3v) is 4.01. The van der Waals surface area contributed by atoms with Gasteiger partial charge >= 0.3 is 6.03 Å². The van der Waals surface area contributed by atoms with E-state index in [0.717, 1.165) is 35.6 Å². The van der Waals surface area contributed by atoms with E-state index in [9.17, 15) is 4.79 Å². The van der Waals surface area contributed by atoms with Crippen LogP contribution in [-0.4, -0.2) is 22.5 Å². The summed E-state index contributed by atoms with van der Waals surface area (Å²) in [5, 5.41) is 6.28. The number of amides is 2. The number of carbonyl (C=O) groups is 1. The monoisotopic (exact) mass is 281 g/mol. The normalized spacial score (nSPS) is 20.1. The third kappa shape index (κ3) is 1.91. The topological polar surface area (TPSA) is 70.2 Å². The van der Waals surface area contributed by atoms with Gasteiger partial charge in [-0.2, -0.15) is 0 Å². The molecule has 1 atom stereocenters. The summed E-state index contributed by atoms with van der Waals surface area (Å²) in [7, 11) is 0. The quantitative estimate of drug-likeness (QED) is 0.839. The highest BCUT2D eigenvalue weighted by Gasteiger charge is 2.34. The van der Waals surface area contributed by atoms with Crippen molar-refractivity contribution >= 4 is 17.5 Å². The lowest BCUT2D eigenvalue weighted by Gasteiger charge is -2.38. The molecule has 2 N–H and O–H groups in total. The van der Waals surface area contributed by atoms with Gasteiger partial charge in [0.15, 0.2) is 0 Å². The second-order valence-electron chi connectivity index (χ2n) is 5.22. The maximum Gasteiger partial charge on any atom is 0.323 e. The van der Waals surface area contributed by atoms with Crippen LogP contribution in [0.4, 0.5) is 16.3 Å². The molecule has 0 unspecified atom stereocenters. The lowest BCUT2D eigenvalue weighted by Crippen LogP contribution is -2.48. The van der Waals surface area contributed by atoms with Gasteiger partial charge < -0.3 is 10.6 Å². The first-order valence-corrected chi connectivity index (χ1v) is 7.03. The van der Waals surface area contributed by atoms with Crippen molar-refractivity contribution in [3.8, 4) is 0 Å². The summed E-state index contributed by atoms with van der Waals surface area (Å²) in [6.45, 7) is 1.32. The molecular formula is C15H15N5O. The number of para-hydroxylation sites is 1. The number of aromatic nitrogens is 2. The van der Waals surface area contributed by atoms with E-state index in [0.29, 0.717) is 6.54 Å². The van der Waals surface area contributed by atoms with Crippen molar-refractivity contribution < 1.29 is 4.79 Å². The van der Waals surface area contributed by atoms with Gasteiger partial charge in [0.2, 0.25) is 0 Å². The Kier molecular flexibility index (Phi) is 2.73. The molecule has 106 valence electrons. The van der Waals surface area contributed by atoms with Crippen molar-refractivity contribution in [3.63, 3.8) is 0 Å². The van der Waals surface area contributed by atoms with Gasteiger partial charge in [0, 0.05) is 30.5 Å². The zero-order chi connectivity index (χ0) is 14.2. The van der Waals surface area contributed by atoms with Crippen LogP contribution < -0.4 is 15.5 Å². The van der Waals surface area contributed by atoms with Crippen LogP contribution in [0.5, 0.6) is 0 Å². The molecule has 0 aliphatic carbocycles. The van der Waals surface area contributed by atoms with Gasteiger partial charge in [-0.25, -0.2) is 14.8 Å². The molecule has 1 aromatic heterocycles. The van der Waals surface area contributed by atoms with E-state index in [1.165, 1.54) is 6.33 Å². The van der Waals surface area contributed by atoms with E-state index in [2.05, 4.69) is 26.7 Å². The van der Waals surface area contributed by atoms with Gasteiger partial charge in [-0.1, -0.05) is 18.2 Å². The van der Waals surface area contributed by atoms with Gasteiger partial charge in [-0.15, -0.1) is 0 Å². The fourth-order valence-electron chi connectivity index (χ4n) is 3.05. The Bertz CT molecular complexity index is 702. The number of carbonyl (C=O) groups excluding carboxylic acids is 1. The van der Waals surface area contributed by atoms with Crippen molar-refractivity contribution in [1.29, 1.82) is 0 Å². The predicted octanol–water partition coefficient (Wildman–Crippen LogP) is 2.06. The molecule has 6 heteroatoms. The number of nitrogens with zero attached hydrogens (tertiary/aromatic N) is 3. The number of nitrogens with one attached hydrogen (secondary N) is 2. The molecule has 0 saturated heterocycles. The molecular weight excluding hydrogens is 266 g/mol. The summed E-state index contributed by atoms with van der Waals surface area (Å²) in [4.78, 5) is 22.5. The summed E-state index contributed by atoms with van der Waals surface area (Å²) in [5.74, 6) is 0.718. The second-order valence-corrected chi connectivity index (χ2v) is 5.22. The first kappa shape index (κ1) is 12.1. The molecule has 3 heterocycles. The highest BCUT2D eigenvalue weighted by Crippen LogP contribution is 2.38. The van der Waals surface area contributed by atoms with Crippen LogP contribution in [0.2, 0.25) is 0 Å². The SMILES string of the molecule is O=C1NCc2cncnc2N1[C@H]1CCNc2ccccc21. The van der Waals surface area contributed by atoms with Crippen LogP contribution >= 0.6 is 0 Å². The summed E-state index contributed by atoms with van der Waals surface area (Å²) in [5.41, 5.74) is 3.17. The van der Waals surface area contributed by atoms with Gasteiger partial charge in [-0.3, -0.25) is 4.90 Å². The summed E-state index contributed by atoms with van der Waals surface area (Å²) < 4.78 is 0. The van der Waals surface area contributed by atoms with E-state index in [1.807, 2.05) is 18.2 Å². The van der Waals surface area contributed by atoms with E-state index >= 15 is 0 Å². The molecule has 2 aliphatic rings. The molecule has 1 aromatic carbocycles. The maximum absolute atomic E-state index is 12.4. The molecule has 21 heavy (non-hydrogen) atoms. The fraction of sp³-hybridized carbons (Fsp3) is 0.267. The lowest BCUT2D eigenvalue weighted by molar-refractivity contribution is 0.241. The Balaban J connectivity index is 1.82. The Morgan fingerprint density at radius 3 is 3.10 bits per heavy atom. The Labute approximate surface area is 122 Å². The minimum Gasteiger partial charge on any atom is -0.385 e. The maximum atomic E-state index is 12.4. The lowest BCUT2D eigenvalue weighted by atomic mass is 9.96. The van der Waals surface area contributed by atoms with E-state index in [4.69, 9.17) is 0 Å². The minimum atomic E-state index is -0.0945. The van der Waals surface area contributed by atoms with Crippen LogP contribution in [0.3, 0.4) is 0 Å². The van der Waals surface area contributed by atoms with Crippen molar-refractivity contribution in [2.24, 2.45) is 0 Å². The largest absolute Gasteiger partial charge is 0.385 e. The summed E-state index contributed by atoms with van der Waals surface area (Å²) in [6, 6.07) is 8.01. The van der Waals surface area contributed by atoms with Crippen LogP contribution in [0, 0.1) is 0 Å². The zero-order valence-electron chi connectivity index (χ0n) is 11.4. The average Bonchev–Trinajstić information content (AvgIpc) is 2.54. The molecule has 2 aliphatic heterocycles. The van der Waals surface area contributed by atoms with E-state index in [1.54, 1.807) is 11.1 Å². The van der Waals surface area contributed by atoms with Crippen LogP contribution in [0.25, 0.3) is 0 Å². The number of rotatable bonds is 1. The van der Waals surface area contributed by atoms with E-state index < -0.39 is 0 Å². The number of anilines is 2. The standard InChI is InChI=1S/C15H15N5O/c21-15-18-8-10-7-16-9-19-14(10)20(15)13-5-6-17-12-4-2-1-3-11(12)13/h1-4,7,9,13,17H,5-6,8H2,(H,18,21)/t13-/m0/s1. The Morgan fingerprint density at radius 1 is 1.24 bits per heavy atom. The molecule has 2 aromatic rings. The second kappa shape index (κ2) is 4.73. The number of urea groups is 1. The predicted molar refractivity (Wildman–Crippen MR) is 79.0 cm³/mol. The molecule has 0 spiro atoms. The first-order chi connectivity index (χ1) is 10.3. The summed E-state index contributed by atoms with van der Waals surface area (Å²) in [6.07, 6.45) is 4.12. The van der Waals surface area contributed by atoms with Crippen molar-refractivity contribution in [2.45, 2.75) is 19.0 Å². The van der Waals surface area contributed by atoms with Crippen molar-refractivity contribution in [2.75, 3.05) is 16.8 Å². The molecule has 2 amide bonds. The molecule has 0 saturated carbocycles. The number of benzene rings is 1.